The van der Waals surface area contributed by atoms with Gasteiger partial charge in [0.25, 0.3) is 5.91 Å². The fourth-order valence-corrected chi connectivity index (χ4v) is 4.44. The Labute approximate surface area is 144 Å². The Kier molecular flexibility index (Phi) is 6.77. The van der Waals surface area contributed by atoms with Crippen LogP contribution in [0.25, 0.3) is 0 Å². The van der Waals surface area contributed by atoms with Crippen LogP contribution in [0.5, 0.6) is 0 Å². The van der Waals surface area contributed by atoms with Gasteiger partial charge in [-0.3, -0.25) is 4.79 Å². The first kappa shape index (κ1) is 18.9. The third-order valence-electron chi connectivity index (χ3n) is 4.45. The van der Waals surface area contributed by atoms with Crippen LogP contribution in [-0.2, 0) is 14.8 Å². The first-order chi connectivity index (χ1) is 11.5. The molecule has 24 heavy (non-hydrogen) atoms. The highest BCUT2D eigenvalue weighted by atomic mass is 32.2. The monoisotopic (exact) mass is 354 g/mol. The predicted molar refractivity (Wildman–Crippen MR) is 92.5 cm³/mol. The van der Waals surface area contributed by atoms with Crippen molar-refractivity contribution in [1.29, 1.82) is 0 Å². The maximum atomic E-state index is 12.8. The third-order valence-corrected chi connectivity index (χ3v) is 6.36. The van der Waals surface area contributed by atoms with Crippen molar-refractivity contribution in [3.8, 4) is 0 Å². The highest BCUT2D eigenvalue weighted by Gasteiger charge is 2.29. The van der Waals surface area contributed by atoms with E-state index in [1.54, 1.807) is 32.4 Å². The summed E-state index contributed by atoms with van der Waals surface area (Å²) in [4.78, 5) is 12.3. The fourth-order valence-electron chi connectivity index (χ4n) is 2.97. The summed E-state index contributed by atoms with van der Waals surface area (Å²) in [5.41, 5.74) is 0.337. The summed E-state index contributed by atoms with van der Waals surface area (Å²) in [5.74, 6) is -0.301. The van der Waals surface area contributed by atoms with Crippen molar-refractivity contribution < 1.29 is 17.9 Å². The fraction of sp³-hybridized carbons (Fsp3) is 0.588. The Hall–Kier alpha value is -1.44. The molecule has 0 bridgehead atoms. The average molecular weight is 354 g/mol. The number of methoxy groups -OCH3 is 1. The van der Waals surface area contributed by atoms with Gasteiger partial charge in [0, 0.05) is 32.3 Å². The van der Waals surface area contributed by atoms with E-state index in [-0.39, 0.29) is 16.8 Å². The quantitative estimate of drug-likeness (QED) is 0.760. The van der Waals surface area contributed by atoms with Gasteiger partial charge in [-0.05, 0) is 31.0 Å². The lowest BCUT2D eigenvalue weighted by Gasteiger charge is -2.30. The van der Waals surface area contributed by atoms with Crippen molar-refractivity contribution >= 4 is 15.9 Å². The number of nitrogens with zero attached hydrogens (tertiary/aromatic N) is 1. The lowest BCUT2D eigenvalue weighted by molar-refractivity contribution is 0.0937. The van der Waals surface area contributed by atoms with E-state index in [1.165, 1.54) is 16.8 Å². The number of hydrogen-bond donors (Lipinski definition) is 1. The molecule has 2 rings (SSSR count). The Balaban J connectivity index is 2.15. The number of carbonyl (C=O) groups is 1. The third kappa shape index (κ3) is 4.55. The molecular weight excluding hydrogens is 328 g/mol. The molecule has 1 amide bonds. The molecule has 1 fully saturated rings. The van der Waals surface area contributed by atoms with Crippen LogP contribution in [0.3, 0.4) is 0 Å². The van der Waals surface area contributed by atoms with Crippen LogP contribution in [0.2, 0.25) is 0 Å². The predicted octanol–water partition coefficient (Wildman–Crippen LogP) is 2.02. The van der Waals surface area contributed by atoms with Crippen LogP contribution < -0.4 is 5.32 Å². The number of ether oxygens (including phenoxy) is 1. The van der Waals surface area contributed by atoms with Crippen LogP contribution in [0.1, 0.15) is 42.5 Å². The highest BCUT2D eigenvalue weighted by Crippen LogP contribution is 2.26. The van der Waals surface area contributed by atoms with Gasteiger partial charge in [0.05, 0.1) is 11.5 Å². The molecule has 1 aromatic carbocycles. The molecule has 0 unspecified atom stereocenters. The van der Waals surface area contributed by atoms with E-state index in [4.69, 9.17) is 4.74 Å². The van der Waals surface area contributed by atoms with Crippen LogP contribution in [0.4, 0.5) is 0 Å². The average Bonchev–Trinajstić information content (AvgIpc) is 2.62. The van der Waals surface area contributed by atoms with Gasteiger partial charge >= 0.3 is 0 Å². The van der Waals surface area contributed by atoms with Crippen molar-refractivity contribution in [2.45, 2.75) is 43.0 Å². The zero-order chi connectivity index (χ0) is 17.6. The summed E-state index contributed by atoms with van der Waals surface area (Å²) >= 11 is 0. The van der Waals surface area contributed by atoms with Gasteiger partial charge in [-0.15, -0.1) is 0 Å². The van der Waals surface area contributed by atoms with Crippen LogP contribution in [0, 0.1) is 0 Å². The summed E-state index contributed by atoms with van der Waals surface area (Å²) in [7, 11) is -0.400. The number of sulfonamides is 1. The maximum Gasteiger partial charge on any atom is 0.251 e. The zero-order valence-corrected chi connectivity index (χ0v) is 15.1. The minimum atomic E-state index is -3.59. The molecule has 1 saturated carbocycles. The van der Waals surface area contributed by atoms with E-state index >= 15 is 0 Å². The Bertz CT molecular complexity index is 654. The molecule has 1 aliphatic carbocycles. The van der Waals surface area contributed by atoms with Gasteiger partial charge in [-0.25, -0.2) is 8.42 Å². The largest absolute Gasteiger partial charge is 0.383 e. The minimum Gasteiger partial charge on any atom is -0.383 e. The molecule has 0 spiro atoms. The summed E-state index contributed by atoms with van der Waals surface area (Å²) in [6.07, 6.45) is 5.08. The zero-order valence-electron chi connectivity index (χ0n) is 14.3. The van der Waals surface area contributed by atoms with Gasteiger partial charge in [-0.1, -0.05) is 25.3 Å². The second-order valence-electron chi connectivity index (χ2n) is 6.09. The molecule has 1 aromatic rings. The Morgan fingerprint density at radius 2 is 2.00 bits per heavy atom. The molecular formula is C17H26N2O4S. The lowest BCUT2D eigenvalue weighted by atomic mass is 9.96. The van der Waals surface area contributed by atoms with E-state index in [0.29, 0.717) is 18.7 Å². The molecule has 0 radical (unpaired) electrons. The molecule has 7 heteroatoms. The molecule has 1 aliphatic rings. The normalized spacial score (nSPS) is 16.3. The van der Waals surface area contributed by atoms with E-state index in [9.17, 15) is 13.2 Å². The first-order valence-corrected chi connectivity index (χ1v) is 9.76. The Morgan fingerprint density at radius 3 is 2.67 bits per heavy atom. The standard InChI is InChI=1S/C17H26N2O4S/c1-19(15-8-4-3-5-9-15)24(21,22)16-10-6-7-14(13-16)17(20)18-11-12-23-2/h6-7,10,13,15H,3-5,8-9,11-12H2,1-2H3,(H,18,20). The Morgan fingerprint density at radius 1 is 1.29 bits per heavy atom. The SMILES string of the molecule is COCCNC(=O)c1cccc(S(=O)(=O)N(C)C2CCCCC2)c1. The van der Waals surface area contributed by atoms with Gasteiger partial charge in [-0.2, -0.15) is 4.31 Å². The van der Waals surface area contributed by atoms with Crippen LogP contribution >= 0.6 is 0 Å². The molecule has 1 N–H and O–H groups in total. The number of carbonyl (C=O) groups excluding carboxylic acids is 1. The maximum absolute atomic E-state index is 12.8. The summed E-state index contributed by atoms with van der Waals surface area (Å²) < 4.78 is 32.0. The number of benzene rings is 1. The molecule has 0 saturated heterocycles. The second-order valence-corrected chi connectivity index (χ2v) is 8.09. The van der Waals surface area contributed by atoms with Crippen LogP contribution in [0.15, 0.2) is 29.2 Å². The van der Waals surface area contributed by atoms with E-state index in [1.807, 2.05) is 0 Å². The number of nitrogens with one attached hydrogen (secondary N) is 1. The highest BCUT2D eigenvalue weighted by molar-refractivity contribution is 7.89. The van der Waals surface area contributed by atoms with Gasteiger partial charge in [0.1, 0.15) is 0 Å². The molecule has 0 atom stereocenters. The number of hydrogen-bond acceptors (Lipinski definition) is 4. The van der Waals surface area contributed by atoms with Crippen molar-refractivity contribution in [2.24, 2.45) is 0 Å². The van der Waals surface area contributed by atoms with E-state index in [0.717, 1.165) is 25.7 Å². The molecule has 0 heterocycles. The topological polar surface area (TPSA) is 75.7 Å². The van der Waals surface area contributed by atoms with Crippen molar-refractivity contribution in [1.82, 2.24) is 9.62 Å². The molecule has 134 valence electrons. The summed E-state index contributed by atoms with van der Waals surface area (Å²) in [5, 5.41) is 2.70. The second kappa shape index (κ2) is 8.60. The van der Waals surface area contributed by atoms with Crippen molar-refractivity contribution in [2.75, 3.05) is 27.3 Å². The summed E-state index contributed by atoms with van der Waals surface area (Å²) in [6, 6.07) is 6.24. The smallest absolute Gasteiger partial charge is 0.251 e. The minimum absolute atomic E-state index is 0.0444. The van der Waals surface area contributed by atoms with E-state index in [2.05, 4.69) is 5.32 Å². The number of rotatable bonds is 7. The lowest BCUT2D eigenvalue weighted by Crippen LogP contribution is -2.38. The van der Waals surface area contributed by atoms with E-state index < -0.39 is 10.0 Å². The number of amides is 1. The molecule has 0 aromatic heterocycles. The first-order valence-electron chi connectivity index (χ1n) is 8.32. The summed E-state index contributed by atoms with van der Waals surface area (Å²) in [6.45, 7) is 0.794. The van der Waals surface area contributed by atoms with Crippen molar-refractivity contribution in [3.05, 3.63) is 29.8 Å². The molecule has 0 aliphatic heterocycles. The van der Waals surface area contributed by atoms with Gasteiger partial charge in [0.2, 0.25) is 10.0 Å². The molecule has 6 nitrogen and oxygen atoms in total. The van der Waals surface area contributed by atoms with Gasteiger partial charge < -0.3 is 10.1 Å². The van der Waals surface area contributed by atoms with Crippen LogP contribution in [-0.4, -0.2) is 52.0 Å². The van der Waals surface area contributed by atoms with Gasteiger partial charge in [0.15, 0.2) is 0 Å². The van der Waals surface area contributed by atoms with Crippen molar-refractivity contribution in [3.63, 3.8) is 0 Å².